The normalized spacial score (nSPS) is 14.3. The van der Waals surface area contributed by atoms with Gasteiger partial charge in [-0.3, -0.25) is 4.21 Å². The highest BCUT2D eigenvalue weighted by Crippen LogP contribution is 1.67. The minimum Gasteiger partial charge on any atom is -0.395 e. The van der Waals surface area contributed by atoms with Crippen LogP contribution < -0.4 is 0 Å². The number of aliphatic hydroxyl groups excluding tert-OH is 1. The lowest BCUT2D eigenvalue weighted by molar-refractivity contribution is 0.321. The van der Waals surface area contributed by atoms with Crippen LogP contribution in [0.3, 0.4) is 0 Å². The van der Waals surface area contributed by atoms with E-state index < -0.39 is 10.8 Å². The Bertz CT molecular complexity index is 52.8. The number of rotatable bonds is 2. The van der Waals surface area contributed by atoms with Crippen LogP contribution in [0.1, 0.15) is 0 Å². The summed E-state index contributed by atoms with van der Waals surface area (Å²) in [5.74, 6) is 0.403. The molecule has 0 aromatic heterocycles. The third-order valence-electron chi connectivity index (χ3n) is 0.379. The van der Waals surface area contributed by atoms with Gasteiger partial charge >= 0.3 is 0 Å². The molecule has 0 spiro atoms. The first-order valence-electron chi connectivity index (χ1n) is 1.68. The second-order valence-electron chi connectivity index (χ2n) is 1.00. The van der Waals surface area contributed by atoms with Crippen LogP contribution in [0.25, 0.3) is 0 Å². The zero-order valence-corrected chi connectivity index (χ0v) is 4.49. The Morgan fingerprint density at radius 1 is 1.83 bits per heavy atom. The van der Waals surface area contributed by atoms with Crippen LogP contribution in [0.5, 0.6) is 0 Å². The van der Waals surface area contributed by atoms with Crippen molar-refractivity contribution in [1.29, 1.82) is 0 Å². The van der Waals surface area contributed by atoms with Gasteiger partial charge in [-0.2, -0.15) is 0 Å². The van der Waals surface area contributed by atoms with Gasteiger partial charge in [0.1, 0.15) is 0 Å². The van der Waals surface area contributed by atoms with Gasteiger partial charge in [-0.15, -0.1) is 0 Å². The van der Waals surface area contributed by atoms with Crippen LogP contribution in [0.15, 0.2) is 0 Å². The summed E-state index contributed by atoms with van der Waals surface area (Å²) in [6.07, 6.45) is 1.57. The van der Waals surface area contributed by atoms with E-state index in [0.717, 1.165) is 0 Å². The van der Waals surface area contributed by atoms with Crippen LogP contribution in [0, 0.1) is 0 Å². The van der Waals surface area contributed by atoms with Crippen molar-refractivity contribution in [3.8, 4) is 0 Å². The van der Waals surface area contributed by atoms with Crippen LogP contribution >= 0.6 is 0 Å². The quantitative estimate of drug-likeness (QED) is 0.510. The molecule has 2 nitrogen and oxygen atoms in total. The maximum Gasteiger partial charge on any atom is 0.0546 e. The molecule has 0 aromatic carbocycles. The van der Waals surface area contributed by atoms with E-state index in [-0.39, 0.29) is 6.61 Å². The van der Waals surface area contributed by atoms with Gasteiger partial charge in [-0.1, -0.05) is 0 Å². The largest absolute Gasteiger partial charge is 0.395 e. The summed E-state index contributed by atoms with van der Waals surface area (Å²) in [7, 11) is -0.816. The molecule has 6 heavy (non-hydrogen) atoms. The van der Waals surface area contributed by atoms with Gasteiger partial charge in [-0.05, 0) is 0 Å². The lowest BCUT2D eigenvalue weighted by Crippen LogP contribution is -1.97. The molecule has 0 heterocycles. The summed E-state index contributed by atoms with van der Waals surface area (Å²) in [6, 6.07) is 0. The van der Waals surface area contributed by atoms with Crippen molar-refractivity contribution in [2.75, 3.05) is 18.6 Å². The average Bonchev–Trinajstić information content (AvgIpc) is 1.35. The first kappa shape index (κ1) is 6.11. The summed E-state index contributed by atoms with van der Waals surface area (Å²) in [6.45, 7) is 0.0309. The van der Waals surface area contributed by atoms with Crippen molar-refractivity contribution in [1.82, 2.24) is 0 Å². The predicted octanol–water partition coefficient (Wildman–Crippen LogP) is -0.643. The second-order valence-corrected chi connectivity index (χ2v) is 2.56. The molecule has 0 radical (unpaired) electrons. The fourth-order valence-electron chi connectivity index (χ4n) is 0.129. The zero-order chi connectivity index (χ0) is 4.99. The van der Waals surface area contributed by atoms with Gasteiger partial charge in [0.25, 0.3) is 0 Å². The smallest absolute Gasteiger partial charge is 0.0546 e. The minimum absolute atomic E-state index is 0.0309. The summed E-state index contributed by atoms with van der Waals surface area (Å²) in [5.41, 5.74) is 0. The predicted molar refractivity (Wildman–Crippen MR) is 26.0 cm³/mol. The Hall–Kier alpha value is 0.110. The van der Waals surface area contributed by atoms with E-state index in [9.17, 15) is 4.21 Å². The first-order valence-corrected chi connectivity index (χ1v) is 3.41. The maximum absolute atomic E-state index is 9.99. The minimum atomic E-state index is -0.816. The Kier molecular flexibility index (Phi) is 3.37. The molecule has 1 unspecified atom stereocenters. The van der Waals surface area contributed by atoms with E-state index in [1.54, 1.807) is 6.26 Å². The molecule has 0 aliphatic heterocycles. The molecular weight excluding hydrogens is 100 g/mol. The molecule has 0 aromatic rings. The van der Waals surface area contributed by atoms with Crippen molar-refractivity contribution in [3.05, 3.63) is 0 Å². The van der Waals surface area contributed by atoms with E-state index in [4.69, 9.17) is 5.11 Å². The maximum atomic E-state index is 9.99. The molecule has 0 aliphatic rings. The molecule has 0 amide bonds. The molecule has 0 fully saturated rings. The molecule has 1 atom stereocenters. The Balaban J connectivity index is 2.83. The van der Waals surface area contributed by atoms with Crippen molar-refractivity contribution >= 4 is 10.8 Å². The molecule has 38 valence electrons. The SMILES string of the molecule is CS(=O)CCO. The topological polar surface area (TPSA) is 37.3 Å². The average molecular weight is 108 g/mol. The molecular formula is C3H8O2S. The van der Waals surface area contributed by atoms with Crippen molar-refractivity contribution in [2.24, 2.45) is 0 Å². The van der Waals surface area contributed by atoms with Gasteiger partial charge in [-0.25, -0.2) is 0 Å². The second kappa shape index (κ2) is 3.31. The first-order chi connectivity index (χ1) is 2.77. The van der Waals surface area contributed by atoms with Crippen LogP contribution in [-0.2, 0) is 10.8 Å². The summed E-state index contributed by atoms with van der Waals surface area (Å²) in [5, 5.41) is 8.04. The van der Waals surface area contributed by atoms with E-state index >= 15 is 0 Å². The molecule has 0 bridgehead atoms. The molecule has 3 heteroatoms. The highest BCUT2D eigenvalue weighted by Gasteiger charge is 1.82. The van der Waals surface area contributed by atoms with E-state index in [0.29, 0.717) is 5.75 Å². The van der Waals surface area contributed by atoms with Gasteiger partial charge in [0.2, 0.25) is 0 Å². The molecule has 0 rings (SSSR count). The van der Waals surface area contributed by atoms with Crippen molar-refractivity contribution in [2.45, 2.75) is 0 Å². The van der Waals surface area contributed by atoms with Crippen LogP contribution in [0.4, 0.5) is 0 Å². The van der Waals surface area contributed by atoms with Crippen molar-refractivity contribution in [3.63, 3.8) is 0 Å². The fraction of sp³-hybridized carbons (Fsp3) is 1.00. The monoisotopic (exact) mass is 108 g/mol. The van der Waals surface area contributed by atoms with Crippen LogP contribution in [0.2, 0.25) is 0 Å². The molecule has 0 saturated heterocycles. The van der Waals surface area contributed by atoms with Crippen molar-refractivity contribution < 1.29 is 9.32 Å². The third kappa shape index (κ3) is 4.11. The van der Waals surface area contributed by atoms with Gasteiger partial charge in [0.05, 0.1) is 6.61 Å². The zero-order valence-electron chi connectivity index (χ0n) is 3.68. The Labute approximate surface area is 39.6 Å². The summed E-state index contributed by atoms with van der Waals surface area (Å²) < 4.78 is 9.99. The molecule has 0 saturated carbocycles. The molecule has 1 N–H and O–H groups in total. The number of aliphatic hydroxyl groups is 1. The number of hydrogen-bond acceptors (Lipinski definition) is 2. The fourth-order valence-corrected chi connectivity index (χ4v) is 0.386. The van der Waals surface area contributed by atoms with E-state index in [1.165, 1.54) is 0 Å². The van der Waals surface area contributed by atoms with Gasteiger partial charge in [0.15, 0.2) is 0 Å². The van der Waals surface area contributed by atoms with Gasteiger partial charge in [0, 0.05) is 22.8 Å². The van der Waals surface area contributed by atoms with E-state index in [1.807, 2.05) is 0 Å². The highest BCUT2D eigenvalue weighted by atomic mass is 32.2. The summed E-state index contributed by atoms with van der Waals surface area (Å²) >= 11 is 0. The van der Waals surface area contributed by atoms with E-state index in [2.05, 4.69) is 0 Å². The standard InChI is InChI=1S/C3H8O2S/c1-6(5)3-2-4/h4H,2-3H2,1H3. The third-order valence-corrected chi connectivity index (χ3v) is 1.14. The lowest BCUT2D eigenvalue weighted by Gasteiger charge is -1.82. The Morgan fingerprint density at radius 2 is 2.33 bits per heavy atom. The Morgan fingerprint density at radius 3 is 2.33 bits per heavy atom. The van der Waals surface area contributed by atoms with Gasteiger partial charge < -0.3 is 5.11 Å². The number of hydrogen-bond donors (Lipinski definition) is 1. The van der Waals surface area contributed by atoms with Crippen LogP contribution in [-0.4, -0.2) is 27.9 Å². The lowest BCUT2D eigenvalue weighted by atomic mass is 10.9. The summed E-state index contributed by atoms with van der Waals surface area (Å²) in [4.78, 5) is 0. The highest BCUT2D eigenvalue weighted by molar-refractivity contribution is 7.84. The molecule has 0 aliphatic carbocycles.